The van der Waals surface area contributed by atoms with E-state index in [0.717, 1.165) is 25.0 Å². The first-order chi connectivity index (χ1) is 9.43. The first-order valence-corrected chi connectivity index (χ1v) is 6.45. The number of hydrogen-bond donors (Lipinski definition) is 1. The van der Waals surface area contributed by atoms with Crippen molar-refractivity contribution < 1.29 is 14.1 Å². The Kier molecular flexibility index (Phi) is 5.42. The van der Waals surface area contributed by atoms with Gasteiger partial charge in [0.1, 0.15) is 17.1 Å². The Morgan fingerprint density at radius 1 is 1.45 bits per heavy atom. The van der Waals surface area contributed by atoms with Gasteiger partial charge in [0.2, 0.25) is 0 Å². The largest absolute Gasteiger partial charge is 0.392 e. The Hall–Kier alpha value is -2.18. The number of nitro groups is 1. The Morgan fingerprint density at radius 3 is 2.60 bits per heavy atom. The summed E-state index contributed by atoms with van der Waals surface area (Å²) in [4.78, 5) is 23.8. The Morgan fingerprint density at radius 2 is 2.10 bits per heavy atom. The molecule has 0 aromatic heterocycles. The summed E-state index contributed by atoms with van der Waals surface area (Å²) < 4.78 is 13.8. The van der Waals surface area contributed by atoms with Gasteiger partial charge in [-0.1, -0.05) is 13.3 Å². The van der Waals surface area contributed by atoms with E-state index in [1.807, 2.05) is 6.92 Å². The molecule has 0 bridgehead atoms. The van der Waals surface area contributed by atoms with Crippen LogP contribution < -0.4 is 5.73 Å². The van der Waals surface area contributed by atoms with Crippen LogP contribution in [0.2, 0.25) is 0 Å². The minimum Gasteiger partial charge on any atom is -0.392 e. The minimum absolute atomic E-state index is 0.389. The highest BCUT2D eigenvalue weighted by molar-refractivity contribution is 6.01. The summed E-state index contributed by atoms with van der Waals surface area (Å²) in [5.74, 6) is -1.45. The summed E-state index contributed by atoms with van der Waals surface area (Å²) in [5, 5.41) is 10.8. The molecule has 1 rings (SSSR count). The van der Waals surface area contributed by atoms with E-state index in [2.05, 4.69) is 0 Å². The number of carbonyl (C=O) groups is 1. The molecule has 0 saturated carbocycles. The number of nitrogens with zero attached hydrogens (tertiary/aromatic N) is 2. The first kappa shape index (κ1) is 15.9. The van der Waals surface area contributed by atoms with Gasteiger partial charge in [0, 0.05) is 19.2 Å². The zero-order chi connectivity index (χ0) is 15.3. The van der Waals surface area contributed by atoms with Crippen LogP contribution >= 0.6 is 0 Å². The van der Waals surface area contributed by atoms with Crippen LogP contribution in [-0.4, -0.2) is 28.8 Å². The third-order valence-electron chi connectivity index (χ3n) is 3.03. The summed E-state index contributed by atoms with van der Waals surface area (Å²) in [6.07, 6.45) is 1.66. The molecule has 0 fully saturated rings. The number of benzene rings is 1. The number of unbranched alkanes of at least 4 members (excludes halogenated alkanes) is 1. The highest BCUT2D eigenvalue weighted by Crippen LogP contribution is 2.28. The lowest BCUT2D eigenvalue weighted by molar-refractivity contribution is -0.384. The van der Waals surface area contributed by atoms with Gasteiger partial charge in [0.05, 0.1) is 4.92 Å². The molecule has 2 N–H and O–H groups in total. The Balaban J connectivity index is 3.20. The standard InChI is InChI=1S/C13H18FN3O3/c1-3-5-8-16(4-2)13(18)11-9(14)6-7-10(12(11)15)17(19)20/h6-7H,3-5,8,15H2,1-2H3. The molecule has 0 spiro atoms. The number of hydrogen-bond acceptors (Lipinski definition) is 4. The van der Waals surface area contributed by atoms with E-state index in [-0.39, 0.29) is 0 Å². The maximum atomic E-state index is 13.8. The minimum atomic E-state index is -0.840. The van der Waals surface area contributed by atoms with Crippen LogP contribution in [0.25, 0.3) is 0 Å². The van der Waals surface area contributed by atoms with Gasteiger partial charge in [-0.3, -0.25) is 14.9 Å². The molecular weight excluding hydrogens is 265 g/mol. The second kappa shape index (κ2) is 6.83. The predicted octanol–water partition coefficient (Wildman–Crippen LogP) is 2.58. The molecule has 1 aromatic rings. The van der Waals surface area contributed by atoms with E-state index < -0.39 is 33.6 Å². The predicted molar refractivity (Wildman–Crippen MR) is 74.0 cm³/mol. The summed E-state index contributed by atoms with van der Waals surface area (Å²) in [5.41, 5.74) is 4.28. The van der Waals surface area contributed by atoms with Gasteiger partial charge in [-0.2, -0.15) is 0 Å². The number of nitrogen functional groups attached to an aromatic ring is 1. The maximum absolute atomic E-state index is 13.8. The van der Waals surface area contributed by atoms with Crippen molar-refractivity contribution in [1.82, 2.24) is 4.90 Å². The van der Waals surface area contributed by atoms with E-state index in [1.165, 1.54) is 4.90 Å². The van der Waals surface area contributed by atoms with Gasteiger partial charge in [0.15, 0.2) is 0 Å². The zero-order valence-electron chi connectivity index (χ0n) is 11.6. The van der Waals surface area contributed by atoms with Crippen LogP contribution in [0, 0.1) is 15.9 Å². The third kappa shape index (κ3) is 3.23. The zero-order valence-corrected chi connectivity index (χ0v) is 11.6. The van der Waals surface area contributed by atoms with Gasteiger partial charge in [-0.05, 0) is 19.4 Å². The number of carbonyl (C=O) groups excluding carboxylic acids is 1. The van der Waals surface area contributed by atoms with Crippen LogP contribution in [0.15, 0.2) is 12.1 Å². The molecule has 0 unspecified atom stereocenters. The van der Waals surface area contributed by atoms with E-state index in [1.54, 1.807) is 6.92 Å². The van der Waals surface area contributed by atoms with Crippen molar-refractivity contribution in [3.8, 4) is 0 Å². The lowest BCUT2D eigenvalue weighted by atomic mass is 10.1. The van der Waals surface area contributed by atoms with E-state index in [9.17, 15) is 19.3 Å². The van der Waals surface area contributed by atoms with Crippen molar-refractivity contribution in [2.75, 3.05) is 18.8 Å². The molecule has 6 nitrogen and oxygen atoms in total. The quantitative estimate of drug-likeness (QED) is 0.493. The molecule has 20 heavy (non-hydrogen) atoms. The summed E-state index contributed by atoms with van der Waals surface area (Å²) in [7, 11) is 0. The smallest absolute Gasteiger partial charge is 0.293 e. The molecule has 1 aromatic carbocycles. The van der Waals surface area contributed by atoms with Gasteiger partial charge in [0.25, 0.3) is 11.6 Å². The van der Waals surface area contributed by atoms with E-state index in [4.69, 9.17) is 5.73 Å². The fourth-order valence-electron chi connectivity index (χ4n) is 1.87. The van der Waals surface area contributed by atoms with Crippen molar-refractivity contribution in [2.24, 2.45) is 0 Å². The van der Waals surface area contributed by atoms with Gasteiger partial charge in [-0.15, -0.1) is 0 Å². The normalized spacial score (nSPS) is 10.3. The van der Waals surface area contributed by atoms with Crippen molar-refractivity contribution in [3.63, 3.8) is 0 Å². The monoisotopic (exact) mass is 283 g/mol. The van der Waals surface area contributed by atoms with Crippen molar-refractivity contribution >= 4 is 17.3 Å². The Labute approximate surface area is 116 Å². The summed E-state index contributed by atoms with van der Waals surface area (Å²) in [6.45, 7) is 4.59. The molecule has 0 atom stereocenters. The molecule has 0 aliphatic heterocycles. The summed E-state index contributed by atoms with van der Waals surface area (Å²) >= 11 is 0. The average molecular weight is 283 g/mol. The maximum Gasteiger partial charge on any atom is 0.293 e. The topological polar surface area (TPSA) is 89.5 Å². The van der Waals surface area contributed by atoms with Crippen molar-refractivity contribution in [2.45, 2.75) is 26.7 Å². The second-order valence-corrected chi connectivity index (χ2v) is 4.35. The molecule has 0 radical (unpaired) electrons. The van der Waals surface area contributed by atoms with Crippen LogP contribution in [0.1, 0.15) is 37.0 Å². The van der Waals surface area contributed by atoms with Crippen LogP contribution in [0.5, 0.6) is 0 Å². The molecule has 0 aliphatic carbocycles. The van der Waals surface area contributed by atoms with Crippen LogP contribution in [-0.2, 0) is 0 Å². The van der Waals surface area contributed by atoms with Crippen molar-refractivity contribution in [1.29, 1.82) is 0 Å². The van der Waals surface area contributed by atoms with E-state index in [0.29, 0.717) is 13.1 Å². The van der Waals surface area contributed by atoms with E-state index >= 15 is 0 Å². The highest BCUT2D eigenvalue weighted by atomic mass is 19.1. The molecule has 1 amide bonds. The summed E-state index contributed by atoms with van der Waals surface area (Å²) in [6, 6.07) is 1.86. The molecule has 110 valence electrons. The number of rotatable bonds is 6. The molecule has 0 aliphatic rings. The fraction of sp³-hybridized carbons (Fsp3) is 0.462. The average Bonchev–Trinajstić information content (AvgIpc) is 2.39. The van der Waals surface area contributed by atoms with Crippen LogP contribution in [0.3, 0.4) is 0 Å². The molecule has 0 saturated heterocycles. The number of nitrogens with two attached hydrogens (primary N) is 1. The lowest BCUT2D eigenvalue weighted by Crippen LogP contribution is -2.33. The first-order valence-electron chi connectivity index (χ1n) is 6.45. The van der Waals surface area contributed by atoms with Gasteiger partial charge < -0.3 is 10.6 Å². The number of nitro benzene ring substituents is 1. The molecular formula is C13H18FN3O3. The molecule has 7 heteroatoms. The van der Waals surface area contributed by atoms with Gasteiger partial charge in [-0.25, -0.2) is 4.39 Å². The second-order valence-electron chi connectivity index (χ2n) is 4.35. The van der Waals surface area contributed by atoms with Gasteiger partial charge >= 0.3 is 0 Å². The number of amides is 1. The number of anilines is 1. The lowest BCUT2D eigenvalue weighted by Gasteiger charge is -2.21. The third-order valence-corrected chi connectivity index (χ3v) is 3.03. The van der Waals surface area contributed by atoms with Crippen LogP contribution in [0.4, 0.5) is 15.8 Å². The number of halogens is 1. The SMILES string of the molecule is CCCCN(CC)C(=O)c1c(F)ccc([N+](=O)[O-])c1N. The highest BCUT2D eigenvalue weighted by Gasteiger charge is 2.26. The molecule has 0 heterocycles. The van der Waals surface area contributed by atoms with Crippen molar-refractivity contribution in [3.05, 3.63) is 33.6 Å². The fourth-order valence-corrected chi connectivity index (χ4v) is 1.87. The Bertz CT molecular complexity index is 520.